The molecule has 1 saturated heterocycles. The van der Waals surface area contributed by atoms with Crippen LogP contribution < -0.4 is 10.5 Å². The molecule has 30 heavy (non-hydrogen) atoms. The molecule has 150 valence electrons. The summed E-state index contributed by atoms with van der Waals surface area (Å²) in [5, 5.41) is 1.03. The summed E-state index contributed by atoms with van der Waals surface area (Å²) in [7, 11) is 0. The van der Waals surface area contributed by atoms with Crippen LogP contribution in [-0.2, 0) is 6.54 Å². The minimum atomic E-state index is -0.0199. The number of aromatic nitrogens is 6. The lowest BCUT2D eigenvalue weighted by Crippen LogP contribution is -2.37. The Bertz CT molecular complexity index is 1210. The highest BCUT2D eigenvalue weighted by atomic mass is 16.1. The Kier molecular flexibility index (Phi) is 4.88. The molecule has 1 aliphatic heterocycles. The van der Waals surface area contributed by atoms with Gasteiger partial charge in [-0.3, -0.25) is 19.3 Å². The second kappa shape index (κ2) is 7.98. The summed E-state index contributed by atoms with van der Waals surface area (Å²) in [5.74, 6) is 1.39. The molecule has 1 fully saturated rings. The van der Waals surface area contributed by atoms with Gasteiger partial charge in [0.05, 0.1) is 23.7 Å². The zero-order chi connectivity index (χ0) is 20.3. The van der Waals surface area contributed by atoms with Crippen LogP contribution in [0.4, 0.5) is 5.82 Å². The third-order valence-corrected chi connectivity index (χ3v) is 5.64. The van der Waals surface area contributed by atoms with Gasteiger partial charge in [0.25, 0.3) is 5.56 Å². The van der Waals surface area contributed by atoms with Crippen LogP contribution in [0.25, 0.3) is 22.2 Å². The van der Waals surface area contributed by atoms with Crippen molar-refractivity contribution in [1.29, 1.82) is 0 Å². The van der Waals surface area contributed by atoms with E-state index in [4.69, 9.17) is 0 Å². The van der Waals surface area contributed by atoms with Gasteiger partial charge in [-0.15, -0.1) is 0 Å². The fourth-order valence-corrected chi connectivity index (χ4v) is 3.99. The fourth-order valence-electron chi connectivity index (χ4n) is 3.99. The zero-order valence-corrected chi connectivity index (χ0v) is 16.4. The number of nitrogens with zero attached hydrogens (tertiary/aromatic N) is 7. The molecule has 0 radical (unpaired) electrons. The molecule has 0 aliphatic carbocycles. The summed E-state index contributed by atoms with van der Waals surface area (Å²) < 4.78 is 1.72. The fraction of sp³-hybridized carbons (Fsp3) is 0.273. The Balaban J connectivity index is 1.27. The molecular weight excluding hydrogens is 378 g/mol. The van der Waals surface area contributed by atoms with Gasteiger partial charge in [0, 0.05) is 55.2 Å². The molecule has 0 unspecified atom stereocenters. The summed E-state index contributed by atoms with van der Waals surface area (Å²) in [5.41, 5.74) is 2.42. The van der Waals surface area contributed by atoms with E-state index in [0.29, 0.717) is 18.2 Å². The number of fused-ring (bicyclic) bond motifs is 1. The van der Waals surface area contributed by atoms with Gasteiger partial charge in [-0.1, -0.05) is 0 Å². The van der Waals surface area contributed by atoms with Crippen LogP contribution in [0.3, 0.4) is 0 Å². The Morgan fingerprint density at radius 2 is 1.77 bits per heavy atom. The van der Waals surface area contributed by atoms with Crippen LogP contribution in [-0.4, -0.2) is 42.6 Å². The van der Waals surface area contributed by atoms with Crippen LogP contribution >= 0.6 is 0 Å². The second-order valence-corrected chi connectivity index (χ2v) is 7.52. The van der Waals surface area contributed by atoms with Gasteiger partial charge < -0.3 is 4.90 Å². The highest BCUT2D eigenvalue weighted by Crippen LogP contribution is 2.27. The average Bonchev–Trinajstić information content (AvgIpc) is 2.81. The van der Waals surface area contributed by atoms with Gasteiger partial charge in [0.2, 0.25) is 0 Å². The minimum Gasteiger partial charge on any atom is -0.356 e. The SMILES string of the molecule is O=c1cc(-c2ccncc2)ncn1CC1CCN(c2ncnc3cnccc23)CC1. The summed E-state index contributed by atoms with van der Waals surface area (Å²) in [6.45, 7) is 2.48. The molecule has 0 N–H and O–H groups in total. The maximum absolute atomic E-state index is 12.6. The first kappa shape index (κ1) is 18.4. The van der Waals surface area contributed by atoms with E-state index >= 15 is 0 Å². The number of rotatable bonds is 4. The molecule has 5 rings (SSSR count). The van der Waals surface area contributed by atoms with Crippen LogP contribution in [0, 0.1) is 5.92 Å². The first-order valence-electron chi connectivity index (χ1n) is 10.0. The Morgan fingerprint density at radius 1 is 0.967 bits per heavy atom. The number of hydrogen-bond donors (Lipinski definition) is 0. The smallest absolute Gasteiger partial charge is 0.253 e. The molecule has 0 spiro atoms. The molecule has 4 aromatic rings. The quantitative estimate of drug-likeness (QED) is 0.521. The number of pyridine rings is 2. The van der Waals surface area contributed by atoms with Crippen LogP contribution in [0.5, 0.6) is 0 Å². The highest BCUT2D eigenvalue weighted by molar-refractivity contribution is 5.88. The Hall–Kier alpha value is -3.68. The Morgan fingerprint density at radius 3 is 2.57 bits per heavy atom. The maximum Gasteiger partial charge on any atom is 0.253 e. The minimum absolute atomic E-state index is 0.0199. The molecule has 0 aromatic carbocycles. The van der Waals surface area contributed by atoms with E-state index in [1.807, 2.05) is 18.2 Å². The van der Waals surface area contributed by atoms with E-state index in [1.165, 1.54) is 0 Å². The molecule has 0 amide bonds. The van der Waals surface area contributed by atoms with Gasteiger partial charge in [0.1, 0.15) is 12.1 Å². The number of anilines is 1. The summed E-state index contributed by atoms with van der Waals surface area (Å²) in [6.07, 6.45) is 12.2. The zero-order valence-electron chi connectivity index (χ0n) is 16.4. The van der Waals surface area contributed by atoms with Crippen LogP contribution in [0.2, 0.25) is 0 Å². The average molecular weight is 399 g/mol. The van der Waals surface area contributed by atoms with E-state index in [-0.39, 0.29) is 5.56 Å². The van der Waals surface area contributed by atoms with Crippen molar-refractivity contribution in [1.82, 2.24) is 29.5 Å². The molecule has 1 aliphatic rings. The largest absolute Gasteiger partial charge is 0.356 e. The first-order chi connectivity index (χ1) is 14.8. The van der Waals surface area contributed by atoms with Crippen molar-refractivity contribution in [3.05, 3.63) is 72.1 Å². The molecule has 8 heteroatoms. The third-order valence-electron chi connectivity index (χ3n) is 5.64. The molecule has 0 atom stereocenters. The molecule has 0 bridgehead atoms. The number of hydrogen-bond acceptors (Lipinski definition) is 7. The molecular formula is C22H21N7O. The standard InChI is InChI=1S/C22H21N7O/c30-21-11-19(17-1-6-23-7-2-17)27-15-29(21)13-16-4-9-28(10-5-16)22-18-3-8-24-12-20(18)25-14-26-22/h1-3,6-8,11-12,14-16H,4-5,9-10,13H2. The van der Waals surface area contributed by atoms with Crippen molar-refractivity contribution in [3.63, 3.8) is 0 Å². The third kappa shape index (κ3) is 3.63. The van der Waals surface area contributed by atoms with E-state index in [2.05, 4.69) is 29.8 Å². The van der Waals surface area contributed by atoms with E-state index in [1.54, 1.807) is 48.1 Å². The summed E-state index contributed by atoms with van der Waals surface area (Å²) in [4.78, 5) is 36.3. The molecule has 0 saturated carbocycles. The second-order valence-electron chi connectivity index (χ2n) is 7.52. The highest BCUT2D eigenvalue weighted by Gasteiger charge is 2.22. The predicted molar refractivity (Wildman–Crippen MR) is 114 cm³/mol. The van der Waals surface area contributed by atoms with Crippen LogP contribution in [0.15, 0.2) is 66.5 Å². The topological polar surface area (TPSA) is 89.7 Å². The molecule has 5 heterocycles. The lowest BCUT2D eigenvalue weighted by molar-refractivity contribution is 0.350. The van der Waals surface area contributed by atoms with E-state index in [0.717, 1.165) is 48.2 Å². The maximum atomic E-state index is 12.6. The van der Waals surface area contributed by atoms with Gasteiger partial charge in [-0.2, -0.15) is 0 Å². The molecule has 4 aromatic heterocycles. The monoisotopic (exact) mass is 399 g/mol. The Labute approximate surface area is 173 Å². The number of piperidine rings is 1. The predicted octanol–water partition coefficient (Wildman–Crippen LogP) is 2.56. The lowest BCUT2D eigenvalue weighted by atomic mass is 9.96. The van der Waals surface area contributed by atoms with E-state index < -0.39 is 0 Å². The van der Waals surface area contributed by atoms with E-state index in [9.17, 15) is 4.79 Å². The van der Waals surface area contributed by atoms with Crippen molar-refractivity contribution in [2.24, 2.45) is 5.92 Å². The van der Waals surface area contributed by atoms with Crippen molar-refractivity contribution < 1.29 is 0 Å². The lowest BCUT2D eigenvalue weighted by Gasteiger charge is -2.33. The first-order valence-corrected chi connectivity index (χ1v) is 10.0. The van der Waals surface area contributed by atoms with Crippen molar-refractivity contribution in [3.8, 4) is 11.3 Å². The summed E-state index contributed by atoms with van der Waals surface area (Å²) in [6, 6.07) is 7.28. The van der Waals surface area contributed by atoms with Gasteiger partial charge in [-0.05, 0) is 37.0 Å². The normalized spacial score (nSPS) is 14.9. The van der Waals surface area contributed by atoms with Gasteiger partial charge in [-0.25, -0.2) is 15.0 Å². The van der Waals surface area contributed by atoms with Crippen molar-refractivity contribution in [2.75, 3.05) is 18.0 Å². The van der Waals surface area contributed by atoms with Crippen LogP contribution in [0.1, 0.15) is 12.8 Å². The van der Waals surface area contributed by atoms with Gasteiger partial charge in [0.15, 0.2) is 0 Å². The van der Waals surface area contributed by atoms with Crippen molar-refractivity contribution in [2.45, 2.75) is 19.4 Å². The van der Waals surface area contributed by atoms with Gasteiger partial charge >= 0.3 is 0 Å². The summed E-state index contributed by atoms with van der Waals surface area (Å²) >= 11 is 0. The molecule has 8 nitrogen and oxygen atoms in total. The van der Waals surface area contributed by atoms with Crippen molar-refractivity contribution >= 4 is 16.7 Å².